The Morgan fingerprint density at radius 1 is 1.23 bits per heavy atom. The third-order valence-corrected chi connectivity index (χ3v) is 2.04. The molecule has 1 rings (SSSR count). The van der Waals surface area contributed by atoms with Crippen molar-refractivity contribution in [3.05, 3.63) is 28.8 Å². The van der Waals surface area contributed by atoms with E-state index < -0.39 is 0 Å². The van der Waals surface area contributed by atoms with Crippen LogP contribution in [0.5, 0.6) is 5.75 Å². The molecule has 13 heavy (non-hydrogen) atoms. The molecule has 0 heterocycles. The van der Waals surface area contributed by atoms with Crippen LogP contribution < -0.4 is 10.5 Å². The number of hydrogen-bond donors (Lipinski definition) is 1. The summed E-state index contributed by atoms with van der Waals surface area (Å²) in [7, 11) is 0. The predicted octanol–water partition coefficient (Wildman–Crippen LogP) is 2.16. The van der Waals surface area contributed by atoms with Crippen LogP contribution in [-0.4, -0.2) is 6.61 Å². The van der Waals surface area contributed by atoms with Gasteiger partial charge in [-0.2, -0.15) is 0 Å². The summed E-state index contributed by atoms with van der Waals surface area (Å²) < 4.78 is 5.53. The second kappa shape index (κ2) is 4.28. The Balaban J connectivity index is 3.07. The zero-order valence-corrected chi connectivity index (χ0v) is 8.55. The van der Waals surface area contributed by atoms with E-state index >= 15 is 0 Å². The molecule has 0 amide bonds. The van der Waals surface area contributed by atoms with Gasteiger partial charge in [-0.25, -0.2) is 0 Å². The van der Waals surface area contributed by atoms with Crippen LogP contribution in [0.3, 0.4) is 0 Å². The summed E-state index contributed by atoms with van der Waals surface area (Å²) in [5.41, 5.74) is 9.07. The van der Waals surface area contributed by atoms with E-state index in [1.165, 1.54) is 16.7 Å². The van der Waals surface area contributed by atoms with E-state index in [1.807, 2.05) is 6.92 Å². The van der Waals surface area contributed by atoms with E-state index in [0.29, 0.717) is 13.2 Å². The second-order valence-corrected chi connectivity index (χ2v) is 3.20. The van der Waals surface area contributed by atoms with Crippen molar-refractivity contribution in [2.24, 2.45) is 5.73 Å². The van der Waals surface area contributed by atoms with Crippen molar-refractivity contribution in [2.45, 2.75) is 27.3 Å². The first-order chi connectivity index (χ1) is 6.19. The van der Waals surface area contributed by atoms with E-state index in [2.05, 4.69) is 26.0 Å². The largest absolute Gasteiger partial charge is 0.493 e. The lowest BCUT2D eigenvalue weighted by Gasteiger charge is -2.11. The topological polar surface area (TPSA) is 35.2 Å². The van der Waals surface area contributed by atoms with E-state index in [1.54, 1.807) is 0 Å². The molecule has 0 aliphatic carbocycles. The Morgan fingerprint density at radius 3 is 2.15 bits per heavy atom. The first kappa shape index (κ1) is 10.1. The fourth-order valence-corrected chi connectivity index (χ4v) is 1.53. The molecule has 0 saturated heterocycles. The lowest BCUT2D eigenvalue weighted by molar-refractivity contribution is 0.335. The molecule has 72 valence electrons. The van der Waals surface area contributed by atoms with Gasteiger partial charge in [0.1, 0.15) is 5.75 Å². The lowest BCUT2D eigenvalue weighted by Crippen LogP contribution is -2.01. The minimum atomic E-state index is 0.591. The fraction of sp³-hybridized carbons (Fsp3) is 0.455. The van der Waals surface area contributed by atoms with Crippen molar-refractivity contribution in [1.82, 2.24) is 0 Å². The van der Waals surface area contributed by atoms with Crippen molar-refractivity contribution < 1.29 is 4.74 Å². The average Bonchev–Trinajstić information content (AvgIpc) is 2.11. The van der Waals surface area contributed by atoms with Gasteiger partial charge in [-0.1, -0.05) is 12.1 Å². The van der Waals surface area contributed by atoms with Gasteiger partial charge in [-0.3, -0.25) is 0 Å². The summed E-state index contributed by atoms with van der Waals surface area (Å²) in [6, 6.07) is 4.16. The Morgan fingerprint density at radius 2 is 1.77 bits per heavy atom. The zero-order chi connectivity index (χ0) is 9.84. The Hall–Kier alpha value is -1.02. The molecule has 0 fully saturated rings. The number of nitrogens with two attached hydrogens (primary N) is 1. The second-order valence-electron chi connectivity index (χ2n) is 3.20. The van der Waals surface area contributed by atoms with Crippen molar-refractivity contribution in [1.29, 1.82) is 0 Å². The summed E-state index contributed by atoms with van der Waals surface area (Å²) in [6.45, 7) is 7.40. The van der Waals surface area contributed by atoms with Crippen molar-refractivity contribution >= 4 is 0 Å². The summed E-state index contributed by atoms with van der Waals surface area (Å²) in [4.78, 5) is 0. The zero-order valence-electron chi connectivity index (χ0n) is 8.55. The molecular formula is C11H17NO. The molecule has 2 heteroatoms. The van der Waals surface area contributed by atoms with Gasteiger partial charge >= 0.3 is 0 Å². The molecule has 0 unspecified atom stereocenters. The van der Waals surface area contributed by atoms with Crippen molar-refractivity contribution in [2.75, 3.05) is 6.61 Å². The maximum atomic E-state index is 5.57. The standard InChI is InChI=1S/C11H17NO/c1-4-13-11-8(2)5-10(7-12)6-9(11)3/h5-6H,4,7,12H2,1-3H3. The number of rotatable bonds is 3. The summed E-state index contributed by atoms with van der Waals surface area (Å²) in [6.07, 6.45) is 0. The average molecular weight is 179 g/mol. The third-order valence-electron chi connectivity index (χ3n) is 2.04. The van der Waals surface area contributed by atoms with Crippen LogP contribution in [0.2, 0.25) is 0 Å². The summed E-state index contributed by atoms with van der Waals surface area (Å²) in [5, 5.41) is 0. The quantitative estimate of drug-likeness (QED) is 0.771. The maximum absolute atomic E-state index is 5.57. The molecule has 1 aromatic rings. The molecule has 0 radical (unpaired) electrons. The Bertz CT molecular complexity index is 271. The van der Waals surface area contributed by atoms with E-state index in [0.717, 1.165) is 5.75 Å². The predicted molar refractivity (Wildman–Crippen MR) is 55.0 cm³/mol. The molecule has 2 N–H and O–H groups in total. The number of hydrogen-bond acceptors (Lipinski definition) is 2. The first-order valence-corrected chi connectivity index (χ1v) is 4.62. The van der Waals surface area contributed by atoms with Crippen LogP contribution >= 0.6 is 0 Å². The van der Waals surface area contributed by atoms with Crippen molar-refractivity contribution in [3.63, 3.8) is 0 Å². The Kier molecular flexibility index (Phi) is 3.32. The monoisotopic (exact) mass is 179 g/mol. The molecular weight excluding hydrogens is 162 g/mol. The minimum absolute atomic E-state index is 0.591. The highest BCUT2D eigenvalue weighted by Gasteiger charge is 2.04. The smallest absolute Gasteiger partial charge is 0.125 e. The fourth-order valence-electron chi connectivity index (χ4n) is 1.53. The summed E-state index contributed by atoms with van der Waals surface area (Å²) in [5.74, 6) is 1.000. The third kappa shape index (κ3) is 2.22. The molecule has 0 atom stereocenters. The van der Waals surface area contributed by atoms with Gasteiger partial charge in [-0.05, 0) is 37.5 Å². The van der Waals surface area contributed by atoms with Gasteiger partial charge in [0.25, 0.3) is 0 Å². The van der Waals surface area contributed by atoms with Gasteiger partial charge in [0.15, 0.2) is 0 Å². The van der Waals surface area contributed by atoms with Crippen LogP contribution in [0, 0.1) is 13.8 Å². The molecule has 0 saturated carbocycles. The van der Waals surface area contributed by atoms with Crippen LogP contribution in [0.25, 0.3) is 0 Å². The van der Waals surface area contributed by atoms with Gasteiger partial charge < -0.3 is 10.5 Å². The van der Waals surface area contributed by atoms with Gasteiger partial charge in [0, 0.05) is 6.54 Å². The normalized spacial score (nSPS) is 10.2. The van der Waals surface area contributed by atoms with Crippen LogP contribution in [-0.2, 0) is 6.54 Å². The molecule has 0 bridgehead atoms. The number of benzene rings is 1. The summed E-state index contributed by atoms with van der Waals surface area (Å²) >= 11 is 0. The highest BCUT2D eigenvalue weighted by molar-refractivity contribution is 5.43. The number of ether oxygens (including phenoxy) is 1. The maximum Gasteiger partial charge on any atom is 0.125 e. The van der Waals surface area contributed by atoms with Gasteiger partial charge in [0.05, 0.1) is 6.61 Å². The van der Waals surface area contributed by atoms with Crippen LogP contribution in [0.1, 0.15) is 23.6 Å². The van der Waals surface area contributed by atoms with E-state index in [-0.39, 0.29) is 0 Å². The van der Waals surface area contributed by atoms with Crippen molar-refractivity contribution in [3.8, 4) is 5.75 Å². The highest BCUT2D eigenvalue weighted by Crippen LogP contribution is 2.24. The van der Waals surface area contributed by atoms with E-state index in [4.69, 9.17) is 10.5 Å². The molecule has 0 aliphatic rings. The number of aryl methyl sites for hydroxylation is 2. The highest BCUT2D eigenvalue weighted by atomic mass is 16.5. The first-order valence-electron chi connectivity index (χ1n) is 4.62. The Labute approximate surface area is 79.7 Å². The SMILES string of the molecule is CCOc1c(C)cc(CN)cc1C. The van der Waals surface area contributed by atoms with Crippen LogP contribution in [0.4, 0.5) is 0 Å². The lowest BCUT2D eigenvalue weighted by atomic mass is 10.1. The molecule has 2 nitrogen and oxygen atoms in total. The molecule has 0 aliphatic heterocycles. The molecule has 0 aromatic heterocycles. The minimum Gasteiger partial charge on any atom is -0.493 e. The molecule has 1 aromatic carbocycles. The van der Waals surface area contributed by atoms with E-state index in [9.17, 15) is 0 Å². The molecule has 0 spiro atoms. The van der Waals surface area contributed by atoms with Gasteiger partial charge in [-0.15, -0.1) is 0 Å². The van der Waals surface area contributed by atoms with Gasteiger partial charge in [0.2, 0.25) is 0 Å². The van der Waals surface area contributed by atoms with Crippen LogP contribution in [0.15, 0.2) is 12.1 Å².